The molecular formula is C17H14ClNO2. The minimum absolute atomic E-state index is 0.220. The summed E-state index contributed by atoms with van der Waals surface area (Å²) in [6.07, 6.45) is 0. The van der Waals surface area contributed by atoms with Gasteiger partial charge in [0.05, 0.1) is 5.69 Å². The van der Waals surface area contributed by atoms with Gasteiger partial charge in [0.15, 0.2) is 0 Å². The van der Waals surface area contributed by atoms with E-state index in [1.54, 1.807) is 30.3 Å². The molecule has 0 saturated heterocycles. The number of hydrogen-bond acceptors (Lipinski definition) is 2. The lowest BCUT2D eigenvalue weighted by Gasteiger charge is -2.09. The van der Waals surface area contributed by atoms with Gasteiger partial charge in [-0.3, -0.25) is 4.79 Å². The Labute approximate surface area is 128 Å². The summed E-state index contributed by atoms with van der Waals surface area (Å²) in [7, 11) is 0. The van der Waals surface area contributed by atoms with E-state index in [1.807, 2.05) is 19.1 Å². The Bertz CT molecular complexity index is 729. The van der Waals surface area contributed by atoms with Crippen molar-refractivity contribution in [3.8, 4) is 11.8 Å². The fourth-order valence-electron chi connectivity index (χ4n) is 1.91. The number of amides is 1. The van der Waals surface area contributed by atoms with Crippen LogP contribution in [0.2, 0.25) is 5.02 Å². The predicted molar refractivity (Wildman–Crippen MR) is 84.5 cm³/mol. The maximum Gasteiger partial charge on any atom is 0.255 e. The van der Waals surface area contributed by atoms with Crippen LogP contribution in [0.25, 0.3) is 0 Å². The largest absolute Gasteiger partial charge is 0.384 e. The summed E-state index contributed by atoms with van der Waals surface area (Å²) in [5.74, 6) is 5.16. The average molecular weight is 300 g/mol. The van der Waals surface area contributed by atoms with E-state index in [1.165, 1.54) is 0 Å². The molecule has 0 unspecified atom stereocenters. The molecule has 0 spiro atoms. The third-order valence-electron chi connectivity index (χ3n) is 2.91. The summed E-state index contributed by atoms with van der Waals surface area (Å²) >= 11 is 5.89. The number of carbonyl (C=O) groups is 1. The second-order valence-electron chi connectivity index (χ2n) is 4.42. The van der Waals surface area contributed by atoms with Crippen LogP contribution in [0.15, 0.2) is 42.5 Å². The number of benzene rings is 2. The third kappa shape index (κ3) is 3.85. The van der Waals surface area contributed by atoms with Crippen molar-refractivity contribution in [2.24, 2.45) is 0 Å². The first kappa shape index (κ1) is 15.1. The number of aryl methyl sites for hydroxylation is 1. The van der Waals surface area contributed by atoms with E-state index in [4.69, 9.17) is 16.7 Å². The summed E-state index contributed by atoms with van der Waals surface area (Å²) < 4.78 is 0. The molecule has 2 aromatic rings. The molecular weight excluding hydrogens is 286 g/mol. The topological polar surface area (TPSA) is 49.3 Å². The first-order chi connectivity index (χ1) is 10.1. The zero-order valence-corrected chi connectivity index (χ0v) is 12.2. The zero-order valence-electron chi connectivity index (χ0n) is 11.5. The Morgan fingerprint density at radius 1 is 1.29 bits per heavy atom. The van der Waals surface area contributed by atoms with Crippen LogP contribution < -0.4 is 5.32 Å². The smallest absolute Gasteiger partial charge is 0.255 e. The molecule has 0 fully saturated rings. The van der Waals surface area contributed by atoms with Gasteiger partial charge in [0.25, 0.3) is 5.91 Å². The van der Waals surface area contributed by atoms with Gasteiger partial charge in [-0.2, -0.15) is 0 Å². The molecule has 0 aromatic heterocycles. The highest BCUT2D eigenvalue weighted by Crippen LogP contribution is 2.19. The first-order valence-electron chi connectivity index (χ1n) is 6.38. The molecule has 21 heavy (non-hydrogen) atoms. The standard InChI is InChI=1S/C17H14ClNO2/c1-12-11-14(18)8-9-15(12)17(21)19-16-7-3-2-5-13(16)6-4-10-20/h2-3,5,7-9,11,20H,10H2,1H3,(H,19,21). The molecule has 0 saturated carbocycles. The van der Waals surface area contributed by atoms with E-state index in [9.17, 15) is 4.79 Å². The molecule has 3 nitrogen and oxygen atoms in total. The number of aliphatic hydroxyl groups is 1. The minimum atomic E-state index is -0.224. The fraction of sp³-hybridized carbons (Fsp3) is 0.118. The molecule has 2 aromatic carbocycles. The molecule has 0 radical (unpaired) electrons. The van der Waals surface area contributed by atoms with E-state index in [0.717, 1.165) is 5.56 Å². The number of aliphatic hydroxyl groups excluding tert-OH is 1. The van der Waals surface area contributed by atoms with Crippen molar-refractivity contribution < 1.29 is 9.90 Å². The second kappa shape index (κ2) is 6.94. The second-order valence-corrected chi connectivity index (χ2v) is 4.86. The Hall–Kier alpha value is -2.28. The van der Waals surface area contributed by atoms with E-state index in [0.29, 0.717) is 21.8 Å². The van der Waals surface area contributed by atoms with Gasteiger partial charge in [-0.15, -0.1) is 0 Å². The van der Waals surface area contributed by atoms with Crippen molar-refractivity contribution in [1.29, 1.82) is 0 Å². The van der Waals surface area contributed by atoms with Gasteiger partial charge in [0, 0.05) is 16.1 Å². The van der Waals surface area contributed by atoms with E-state index >= 15 is 0 Å². The predicted octanol–water partition coefficient (Wildman–Crippen LogP) is 3.24. The van der Waals surface area contributed by atoms with Crippen LogP contribution in [0.4, 0.5) is 5.69 Å². The van der Waals surface area contributed by atoms with Crippen molar-refractivity contribution in [3.63, 3.8) is 0 Å². The summed E-state index contributed by atoms with van der Waals surface area (Å²) in [5, 5.41) is 12.2. The number of nitrogens with one attached hydrogen (secondary N) is 1. The highest BCUT2D eigenvalue weighted by Gasteiger charge is 2.11. The summed E-state index contributed by atoms with van der Waals surface area (Å²) in [6.45, 7) is 1.61. The number of halogens is 1. The molecule has 0 aliphatic rings. The number of carbonyl (C=O) groups excluding carboxylic acids is 1. The number of rotatable bonds is 2. The number of anilines is 1. The molecule has 0 aliphatic heterocycles. The average Bonchev–Trinajstić information content (AvgIpc) is 2.46. The number of para-hydroxylation sites is 1. The van der Waals surface area contributed by atoms with Gasteiger partial charge in [0.1, 0.15) is 6.61 Å². The van der Waals surface area contributed by atoms with Crippen LogP contribution in [0, 0.1) is 18.8 Å². The highest BCUT2D eigenvalue weighted by atomic mass is 35.5. The lowest BCUT2D eigenvalue weighted by atomic mass is 10.1. The lowest BCUT2D eigenvalue weighted by Crippen LogP contribution is -2.14. The van der Waals surface area contributed by atoms with Crippen LogP contribution in [0.3, 0.4) is 0 Å². The van der Waals surface area contributed by atoms with Gasteiger partial charge in [-0.05, 0) is 42.8 Å². The molecule has 0 atom stereocenters. The van der Waals surface area contributed by atoms with Crippen molar-refractivity contribution in [3.05, 3.63) is 64.2 Å². The molecule has 2 N–H and O–H groups in total. The van der Waals surface area contributed by atoms with Crippen LogP contribution in [-0.2, 0) is 0 Å². The van der Waals surface area contributed by atoms with Crippen molar-refractivity contribution in [2.45, 2.75) is 6.92 Å². The quantitative estimate of drug-likeness (QED) is 0.836. The fourth-order valence-corrected chi connectivity index (χ4v) is 2.13. The SMILES string of the molecule is Cc1cc(Cl)ccc1C(=O)Nc1ccccc1C#CCO. The highest BCUT2D eigenvalue weighted by molar-refractivity contribution is 6.30. The minimum Gasteiger partial charge on any atom is -0.384 e. The van der Waals surface area contributed by atoms with E-state index in [-0.39, 0.29) is 12.5 Å². The normalized spacial score (nSPS) is 9.67. The van der Waals surface area contributed by atoms with Crippen LogP contribution in [-0.4, -0.2) is 17.6 Å². The van der Waals surface area contributed by atoms with Crippen LogP contribution >= 0.6 is 11.6 Å². The lowest BCUT2D eigenvalue weighted by molar-refractivity contribution is 0.102. The van der Waals surface area contributed by atoms with Gasteiger partial charge in [-0.25, -0.2) is 0 Å². The Kier molecular flexibility index (Phi) is 4.99. The van der Waals surface area contributed by atoms with Gasteiger partial charge < -0.3 is 10.4 Å². The van der Waals surface area contributed by atoms with Crippen molar-refractivity contribution >= 4 is 23.2 Å². The van der Waals surface area contributed by atoms with Crippen LogP contribution in [0.5, 0.6) is 0 Å². The van der Waals surface area contributed by atoms with Gasteiger partial charge >= 0.3 is 0 Å². The molecule has 0 aliphatic carbocycles. The molecule has 4 heteroatoms. The van der Waals surface area contributed by atoms with Gasteiger partial charge in [-0.1, -0.05) is 35.6 Å². The Balaban J connectivity index is 2.27. The third-order valence-corrected chi connectivity index (χ3v) is 3.15. The summed E-state index contributed by atoms with van der Waals surface area (Å²) in [5.41, 5.74) is 2.63. The summed E-state index contributed by atoms with van der Waals surface area (Å²) in [6, 6.07) is 12.3. The van der Waals surface area contributed by atoms with E-state index < -0.39 is 0 Å². The monoisotopic (exact) mass is 299 g/mol. The first-order valence-corrected chi connectivity index (χ1v) is 6.76. The molecule has 1 amide bonds. The molecule has 2 rings (SSSR count). The molecule has 0 heterocycles. The maximum absolute atomic E-state index is 12.3. The zero-order chi connectivity index (χ0) is 15.2. The van der Waals surface area contributed by atoms with Gasteiger partial charge in [0.2, 0.25) is 0 Å². The molecule has 0 bridgehead atoms. The van der Waals surface area contributed by atoms with Crippen molar-refractivity contribution in [2.75, 3.05) is 11.9 Å². The van der Waals surface area contributed by atoms with Crippen molar-refractivity contribution in [1.82, 2.24) is 0 Å². The number of hydrogen-bond donors (Lipinski definition) is 2. The Morgan fingerprint density at radius 3 is 2.76 bits per heavy atom. The van der Waals surface area contributed by atoms with E-state index in [2.05, 4.69) is 17.2 Å². The van der Waals surface area contributed by atoms with Crippen LogP contribution in [0.1, 0.15) is 21.5 Å². The molecule has 106 valence electrons. The summed E-state index contributed by atoms with van der Waals surface area (Å²) in [4.78, 5) is 12.3. The maximum atomic E-state index is 12.3. The Morgan fingerprint density at radius 2 is 2.05 bits per heavy atom.